The third kappa shape index (κ3) is 4.37. The van der Waals surface area contributed by atoms with Crippen molar-refractivity contribution in [3.63, 3.8) is 0 Å². The van der Waals surface area contributed by atoms with Gasteiger partial charge in [0.05, 0.1) is 5.02 Å². The number of aromatic hydroxyl groups is 1. The van der Waals surface area contributed by atoms with Gasteiger partial charge in [0.25, 0.3) is 0 Å². The van der Waals surface area contributed by atoms with Crippen LogP contribution in [0.2, 0.25) is 5.02 Å². The fraction of sp³-hybridized carbons (Fsp3) is 0.600. The molecule has 19 heavy (non-hydrogen) atoms. The zero-order valence-corrected chi connectivity index (χ0v) is 12.3. The number of likely N-dealkylation sites (tertiary alicyclic amines) is 1. The number of hydrogen-bond donors (Lipinski definition) is 2. The SMILES string of the molecule is CCN1CCC(CNCc2ccc(O)c(Cl)c2)CC1. The predicted molar refractivity (Wildman–Crippen MR) is 79.7 cm³/mol. The summed E-state index contributed by atoms with van der Waals surface area (Å²) in [6.45, 7) is 7.74. The topological polar surface area (TPSA) is 35.5 Å². The molecule has 0 spiro atoms. The Hall–Kier alpha value is -0.770. The Labute approximate surface area is 120 Å². The largest absolute Gasteiger partial charge is 0.506 e. The van der Waals surface area contributed by atoms with E-state index in [1.807, 2.05) is 12.1 Å². The number of halogens is 1. The molecule has 1 heterocycles. The van der Waals surface area contributed by atoms with E-state index in [-0.39, 0.29) is 5.75 Å². The lowest BCUT2D eigenvalue weighted by Crippen LogP contribution is -2.36. The second-order valence-corrected chi connectivity index (χ2v) is 5.70. The van der Waals surface area contributed by atoms with Crippen LogP contribution in [0.25, 0.3) is 0 Å². The van der Waals surface area contributed by atoms with Crippen LogP contribution < -0.4 is 5.32 Å². The Morgan fingerprint density at radius 2 is 2.11 bits per heavy atom. The van der Waals surface area contributed by atoms with Crippen LogP contribution >= 0.6 is 11.6 Å². The number of phenolic OH excluding ortho intramolecular Hbond substituents is 1. The van der Waals surface area contributed by atoms with Crippen molar-refractivity contribution in [3.05, 3.63) is 28.8 Å². The Morgan fingerprint density at radius 3 is 2.74 bits per heavy atom. The molecule has 1 saturated heterocycles. The summed E-state index contributed by atoms with van der Waals surface area (Å²) in [5.74, 6) is 0.938. The molecule has 0 radical (unpaired) electrons. The Bertz CT molecular complexity index is 403. The van der Waals surface area contributed by atoms with Crippen molar-refractivity contribution in [1.82, 2.24) is 10.2 Å². The molecular weight excluding hydrogens is 260 g/mol. The smallest absolute Gasteiger partial charge is 0.134 e. The normalized spacial score (nSPS) is 17.8. The summed E-state index contributed by atoms with van der Waals surface area (Å²) in [4.78, 5) is 2.51. The van der Waals surface area contributed by atoms with Crippen LogP contribution in [0, 0.1) is 5.92 Å². The number of phenols is 1. The molecule has 0 atom stereocenters. The lowest BCUT2D eigenvalue weighted by atomic mass is 9.97. The molecule has 0 saturated carbocycles. The Balaban J connectivity index is 1.70. The van der Waals surface area contributed by atoms with E-state index in [4.69, 9.17) is 11.6 Å². The van der Waals surface area contributed by atoms with Gasteiger partial charge in [0.1, 0.15) is 5.75 Å². The molecule has 1 fully saturated rings. The van der Waals surface area contributed by atoms with Crippen LogP contribution in [0.4, 0.5) is 0 Å². The van der Waals surface area contributed by atoms with E-state index >= 15 is 0 Å². The number of benzene rings is 1. The molecule has 1 aliphatic rings. The summed E-state index contributed by atoms with van der Waals surface area (Å²) in [5, 5.41) is 13.3. The second kappa shape index (κ2) is 7.13. The van der Waals surface area contributed by atoms with Gasteiger partial charge in [0.15, 0.2) is 0 Å². The molecule has 2 rings (SSSR count). The van der Waals surface area contributed by atoms with E-state index in [1.165, 1.54) is 32.5 Å². The molecule has 4 heteroatoms. The molecule has 106 valence electrons. The average molecular weight is 283 g/mol. The zero-order valence-electron chi connectivity index (χ0n) is 11.5. The lowest BCUT2D eigenvalue weighted by Gasteiger charge is -2.31. The van der Waals surface area contributed by atoms with Crippen molar-refractivity contribution >= 4 is 11.6 Å². The van der Waals surface area contributed by atoms with Gasteiger partial charge in [-0.25, -0.2) is 0 Å². The van der Waals surface area contributed by atoms with Gasteiger partial charge in [0.2, 0.25) is 0 Å². The van der Waals surface area contributed by atoms with Crippen molar-refractivity contribution < 1.29 is 5.11 Å². The Kier molecular flexibility index (Phi) is 5.49. The van der Waals surface area contributed by atoms with Gasteiger partial charge in [-0.3, -0.25) is 0 Å². The van der Waals surface area contributed by atoms with Crippen LogP contribution in [0.1, 0.15) is 25.3 Å². The quantitative estimate of drug-likeness (QED) is 0.872. The maximum absolute atomic E-state index is 9.36. The van der Waals surface area contributed by atoms with Crippen LogP contribution in [0.3, 0.4) is 0 Å². The first-order chi connectivity index (χ1) is 9.19. The minimum atomic E-state index is 0.150. The van der Waals surface area contributed by atoms with E-state index < -0.39 is 0 Å². The number of rotatable bonds is 5. The summed E-state index contributed by atoms with van der Waals surface area (Å²) in [6.07, 6.45) is 2.58. The van der Waals surface area contributed by atoms with E-state index in [9.17, 15) is 5.11 Å². The van der Waals surface area contributed by atoms with Crippen LogP contribution in [-0.4, -0.2) is 36.2 Å². The molecular formula is C15H23ClN2O. The monoisotopic (exact) mass is 282 g/mol. The minimum absolute atomic E-state index is 0.150. The highest BCUT2D eigenvalue weighted by molar-refractivity contribution is 6.32. The molecule has 1 aromatic rings. The van der Waals surface area contributed by atoms with Gasteiger partial charge in [-0.05, 0) is 62.6 Å². The third-order valence-corrected chi connectivity index (χ3v) is 4.23. The molecule has 2 N–H and O–H groups in total. The van der Waals surface area contributed by atoms with Crippen molar-refractivity contribution in [2.45, 2.75) is 26.3 Å². The number of hydrogen-bond acceptors (Lipinski definition) is 3. The van der Waals surface area contributed by atoms with E-state index in [0.717, 1.165) is 24.6 Å². The molecule has 1 aliphatic heterocycles. The first-order valence-corrected chi connectivity index (χ1v) is 7.47. The first kappa shape index (κ1) is 14.6. The van der Waals surface area contributed by atoms with E-state index in [1.54, 1.807) is 6.07 Å². The van der Waals surface area contributed by atoms with Crippen LogP contribution in [-0.2, 0) is 6.54 Å². The van der Waals surface area contributed by atoms with Gasteiger partial charge < -0.3 is 15.3 Å². The molecule has 0 bridgehead atoms. The summed E-state index contributed by atoms with van der Waals surface area (Å²) in [7, 11) is 0. The van der Waals surface area contributed by atoms with Crippen LogP contribution in [0.5, 0.6) is 5.75 Å². The highest BCUT2D eigenvalue weighted by Gasteiger charge is 2.17. The fourth-order valence-electron chi connectivity index (χ4n) is 2.59. The van der Waals surface area contributed by atoms with Crippen molar-refractivity contribution in [2.24, 2.45) is 5.92 Å². The van der Waals surface area contributed by atoms with E-state index in [2.05, 4.69) is 17.1 Å². The zero-order chi connectivity index (χ0) is 13.7. The summed E-state index contributed by atoms with van der Waals surface area (Å²) < 4.78 is 0. The van der Waals surface area contributed by atoms with Crippen molar-refractivity contribution in [1.29, 1.82) is 0 Å². The maximum atomic E-state index is 9.36. The molecule has 0 aliphatic carbocycles. The molecule has 3 nitrogen and oxygen atoms in total. The predicted octanol–water partition coefficient (Wildman–Crippen LogP) is 2.87. The molecule has 0 aromatic heterocycles. The summed E-state index contributed by atoms with van der Waals surface area (Å²) >= 11 is 5.89. The fourth-order valence-corrected chi connectivity index (χ4v) is 2.79. The average Bonchev–Trinajstić information content (AvgIpc) is 2.43. The van der Waals surface area contributed by atoms with Crippen LogP contribution in [0.15, 0.2) is 18.2 Å². The summed E-state index contributed by atoms with van der Waals surface area (Å²) in [5.41, 5.74) is 1.12. The summed E-state index contributed by atoms with van der Waals surface area (Å²) in [6, 6.07) is 5.39. The third-order valence-electron chi connectivity index (χ3n) is 3.93. The Morgan fingerprint density at radius 1 is 1.37 bits per heavy atom. The number of piperidine rings is 1. The van der Waals surface area contributed by atoms with Crippen molar-refractivity contribution in [2.75, 3.05) is 26.2 Å². The van der Waals surface area contributed by atoms with E-state index in [0.29, 0.717) is 5.02 Å². The first-order valence-electron chi connectivity index (χ1n) is 7.09. The number of nitrogens with one attached hydrogen (secondary N) is 1. The second-order valence-electron chi connectivity index (χ2n) is 5.29. The number of nitrogens with zero attached hydrogens (tertiary/aromatic N) is 1. The van der Waals surface area contributed by atoms with Gasteiger partial charge in [-0.1, -0.05) is 24.6 Å². The molecule has 0 unspecified atom stereocenters. The highest BCUT2D eigenvalue weighted by Crippen LogP contribution is 2.23. The molecule has 1 aromatic carbocycles. The minimum Gasteiger partial charge on any atom is -0.506 e. The van der Waals surface area contributed by atoms with Crippen molar-refractivity contribution in [3.8, 4) is 5.75 Å². The molecule has 0 amide bonds. The lowest BCUT2D eigenvalue weighted by molar-refractivity contribution is 0.190. The van der Waals surface area contributed by atoms with Gasteiger partial charge in [-0.15, -0.1) is 0 Å². The maximum Gasteiger partial charge on any atom is 0.134 e. The van der Waals surface area contributed by atoms with Gasteiger partial charge in [0, 0.05) is 6.54 Å². The standard InChI is InChI=1S/C15H23ClN2O/c1-2-18-7-5-12(6-8-18)10-17-11-13-3-4-15(19)14(16)9-13/h3-4,9,12,17,19H,2,5-8,10-11H2,1H3. The van der Waals surface area contributed by atoms with Gasteiger partial charge in [-0.2, -0.15) is 0 Å². The highest BCUT2D eigenvalue weighted by atomic mass is 35.5. The van der Waals surface area contributed by atoms with Gasteiger partial charge >= 0.3 is 0 Å².